The van der Waals surface area contributed by atoms with E-state index in [0.717, 1.165) is 21.2 Å². The van der Waals surface area contributed by atoms with Crippen LogP contribution in [0, 0.1) is 0 Å². The molecule has 3 aromatic carbocycles. The van der Waals surface area contributed by atoms with Crippen LogP contribution in [0.3, 0.4) is 0 Å². The van der Waals surface area contributed by atoms with Gasteiger partial charge in [-0.05, 0) is 59.7 Å². The second-order valence-electron chi connectivity index (χ2n) is 6.19. The standard InChI is InChI=1S/C22H17BrCl2N2O2/c23-18-6-1-15(2-7-18)11-22(28)27-26-13-16-3-9-20(10-4-16)29-14-17-5-8-19(24)12-21(17)25/h1-10,12-13H,11,14H2,(H,27,28)/b26-13+. The molecule has 0 aromatic heterocycles. The van der Waals surface area contributed by atoms with Gasteiger partial charge >= 0.3 is 0 Å². The van der Waals surface area contributed by atoms with E-state index in [0.29, 0.717) is 22.4 Å². The molecule has 0 bridgehead atoms. The summed E-state index contributed by atoms with van der Waals surface area (Å²) >= 11 is 15.4. The van der Waals surface area contributed by atoms with Crippen LogP contribution in [0.25, 0.3) is 0 Å². The summed E-state index contributed by atoms with van der Waals surface area (Å²) in [7, 11) is 0. The van der Waals surface area contributed by atoms with Gasteiger partial charge in [0.2, 0.25) is 5.91 Å². The minimum atomic E-state index is -0.177. The number of ether oxygens (including phenoxy) is 1. The van der Waals surface area contributed by atoms with Gasteiger partial charge in [-0.3, -0.25) is 4.79 Å². The number of hydrogen-bond acceptors (Lipinski definition) is 3. The van der Waals surface area contributed by atoms with Crippen molar-refractivity contribution in [3.05, 3.63) is 97.9 Å². The van der Waals surface area contributed by atoms with Crippen molar-refractivity contribution < 1.29 is 9.53 Å². The molecule has 0 heterocycles. The van der Waals surface area contributed by atoms with Crippen LogP contribution in [0.2, 0.25) is 10.0 Å². The van der Waals surface area contributed by atoms with Crippen molar-refractivity contribution in [1.82, 2.24) is 5.43 Å². The summed E-state index contributed by atoms with van der Waals surface area (Å²) in [5.74, 6) is 0.524. The lowest BCUT2D eigenvalue weighted by atomic mass is 10.1. The van der Waals surface area contributed by atoms with E-state index in [1.807, 2.05) is 54.6 Å². The zero-order valence-corrected chi connectivity index (χ0v) is 18.3. The van der Waals surface area contributed by atoms with Crippen LogP contribution in [-0.2, 0) is 17.8 Å². The topological polar surface area (TPSA) is 50.7 Å². The van der Waals surface area contributed by atoms with Crippen LogP contribution in [-0.4, -0.2) is 12.1 Å². The number of nitrogens with zero attached hydrogens (tertiary/aromatic N) is 1. The van der Waals surface area contributed by atoms with Gasteiger partial charge in [-0.2, -0.15) is 5.10 Å². The molecule has 29 heavy (non-hydrogen) atoms. The second-order valence-corrected chi connectivity index (χ2v) is 7.95. The smallest absolute Gasteiger partial charge is 0.244 e. The lowest BCUT2D eigenvalue weighted by Crippen LogP contribution is -2.19. The normalized spacial score (nSPS) is 10.9. The van der Waals surface area contributed by atoms with E-state index in [9.17, 15) is 4.79 Å². The van der Waals surface area contributed by atoms with Gasteiger partial charge in [-0.1, -0.05) is 57.3 Å². The molecule has 0 radical (unpaired) electrons. The van der Waals surface area contributed by atoms with Gasteiger partial charge in [0, 0.05) is 20.1 Å². The third-order valence-electron chi connectivity index (χ3n) is 3.97. The minimum Gasteiger partial charge on any atom is -0.489 e. The number of amides is 1. The van der Waals surface area contributed by atoms with Crippen molar-refractivity contribution in [2.75, 3.05) is 0 Å². The number of halogens is 3. The van der Waals surface area contributed by atoms with Crippen LogP contribution in [0.5, 0.6) is 5.75 Å². The molecule has 1 N–H and O–H groups in total. The molecule has 0 aliphatic heterocycles. The Morgan fingerprint density at radius 2 is 1.76 bits per heavy atom. The predicted molar refractivity (Wildman–Crippen MR) is 121 cm³/mol. The molecule has 0 aliphatic carbocycles. The molecule has 0 saturated heterocycles. The first kappa shape index (κ1) is 21.4. The summed E-state index contributed by atoms with van der Waals surface area (Å²) < 4.78 is 6.72. The summed E-state index contributed by atoms with van der Waals surface area (Å²) in [5.41, 5.74) is 5.14. The van der Waals surface area contributed by atoms with Gasteiger partial charge < -0.3 is 4.74 Å². The molecule has 3 aromatic rings. The number of carbonyl (C=O) groups excluding carboxylic acids is 1. The Bertz CT molecular complexity index is 1010. The Balaban J connectivity index is 1.48. The molecule has 7 heteroatoms. The SMILES string of the molecule is O=C(Cc1ccc(Br)cc1)N/N=C/c1ccc(OCc2ccc(Cl)cc2Cl)cc1. The number of benzene rings is 3. The third-order valence-corrected chi connectivity index (χ3v) is 5.09. The van der Waals surface area contributed by atoms with E-state index in [4.69, 9.17) is 27.9 Å². The lowest BCUT2D eigenvalue weighted by Gasteiger charge is -2.08. The summed E-state index contributed by atoms with van der Waals surface area (Å²) in [6, 6.07) is 20.2. The predicted octanol–water partition coefficient (Wildman–Crippen LogP) is 6.03. The van der Waals surface area contributed by atoms with Gasteiger partial charge in [0.25, 0.3) is 0 Å². The molecule has 1 amide bonds. The average molecular weight is 492 g/mol. The van der Waals surface area contributed by atoms with E-state index in [2.05, 4.69) is 26.5 Å². The highest BCUT2D eigenvalue weighted by atomic mass is 79.9. The van der Waals surface area contributed by atoms with Crippen molar-refractivity contribution in [3.8, 4) is 5.75 Å². The fourth-order valence-corrected chi connectivity index (χ4v) is 3.18. The van der Waals surface area contributed by atoms with Gasteiger partial charge in [0.15, 0.2) is 0 Å². The van der Waals surface area contributed by atoms with E-state index in [1.54, 1.807) is 18.3 Å². The molecule has 0 spiro atoms. The van der Waals surface area contributed by atoms with E-state index < -0.39 is 0 Å². The first-order chi connectivity index (χ1) is 14.0. The lowest BCUT2D eigenvalue weighted by molar-refractivity contribution is -0.120. The Labute approximate surface area is 187 Å². The highest BCUT2D eigenvalue weighted by Gasteiger charge is 2.03. The highest BCUT2D eigenvalue weighted by Crippen LogP contribution is 2.22. The zero-order valence-electron chi connectivity index (χ0n) is 15.2. The summed E-state index contributed by atoms with van der Waals surface area (Å²) in [6.07, 6.45) is 1.85. The van der Waals surface area contributed by atoms with Crippen molar-refractivity contribution >= 4 is 51.3 Å². The Hall–Kier alpha value is -2.34. The molecule has 3 rings (SSSR count). The summed E-state index contributed by atoms with van der Waals surface area (Å²) in [5, 5.41) is 5.15. The number of rotatable bonds is 7. The van der Waals surface area contributed by atoms with E-state index >= 15 is 0 Å². The van der Waals surface area contributed by atoms with Crippen LogP contribution >= 0.6 is 39.1 Å². The Kier molecular flexibility index (Phi) is 7.69. The molecule has 0 unspecified atom stereocenters. The third kappa shape index (κ3) is 6.89. The molecule has 0 saturated carbocycles. The maximum atomic E-state index is 11.9. The monoisotopic (exact) mass is 490 g/mol. The van der Waals surface area contributed by atoms with Crippen molar-refractivity contribution in [2.45, 2.75) is 13.0 Å². The van der Waals surface area contributed by atoms with Crippen molar-refractivity contribution in [2.24, 2.45) is 5.10 Å². The Morgan fingerprint density at radius 3 is 2.45 bits per heavy atom. The maximum absolute atomic E-state index is 11.9. The van der Waals surface area contributed by atoms with Crippen LogP contribution in [0.1, 0.15) is 16.7 Å². The molecule has 0 fully saturated rings. The van der Waals surface area contributed by atoms with Crippen molar-refractivity contribution in [3.63, 3.8) is 0 Å². The Morgan fingerprint density at radius 1 is 1.03 bits per heavy atom. The maximum Gasteiger partial charge on any atom is 0.244 e. The van der Waals surface area contributed by atoms with Crippen LogP contribution in [0.4, 0.5) is 0 Å². The minimum absolute atomic E-state index is 0.177. The van der Waals surface area contributed by atoms with Crippen LogP contribution in [0.15, 0.2) is 76.3 Å². The van der Waals surface area contributed by atoms with E-state index in [1.165, 1.54) is 0 Å². The first-order valence-electron chi connectivity index (χ1n) is 8.73. The first-order valence-corrected chi connectivity index (χ1v) is 10.3. The van der Waals surface area contributed by atoms with Crippen molar-refractivity contribution in [1.29, 1.82) is 0 Å². The quantitative estimate of drug-likeness (QED) is 0.324. The number of hydrazone groups is 1. The summed E-state index contributed by atoms with van der Waals surface area (Å²) in [4.78, 5) is 11.9. The number of hydrogen-bond donors (Lipinski definition) is 1. The van der Waals surface area contributed by atoms with E-state index in [-0.39, 0.29) is 12.3 Å². The number of nitrogens with one attached hydrogen (secondary N) is 1. The van der Waals surface area contributed by atoms with Gasteiger partial charge in [-0.25, -0.2) is 5.43 Å². The molecule has 0 aliphatic rings. The van der Waals surface area contributed by atoms with Gasteiger partial charge in [0.05, 0.1) is 12.6 Å². The zero-order chi connectivity index (χ0) is 20.6. The average Bonchev–Trinajstić information content (AvgIpc) is 2.70. The molecular formula is C22H17BrCl2N2O2. The van der Waals surface area contributed by atoms with Gasteiger partial charge in [0.1, 0.15) is 12.4 Å². The molecule has 4 nitrogen and oxygen atoms in total. The molecule has 148 valence electrons. The second kappa shape index (κ2) is 10.4. The number of carbonyl (C=O) groups is 1. The largest absolute Gasteiger partial charge is 0.489 e. The van der Waals surface area contributed by atoms with Gasteiger partial charge in [-0.15, -0.1) is 0 Å². The molecule has 0 atom stereocenters. The molecular weight excluding hydrogens is 475 g/mol. The summed E-state index contributed by atoms with van der Waals surface area (Å²) in [6.45, 7) is 0.343. The van der Waals surface area contributed by atoms with Crippen LogP contribution < -0.4 is 10.2 Å². The fraction of sp³-hybridized carbons (Fsp3) is 0.0909. The highest BCUT2D eigenvalue weighted by molar-refractivity contribution is 9.10. The fourth-order valence-electron chi connectivity index (χ4n) is 2.46.